The Bertz CT molecular complexity index is 861. The summed E-state index contributed by atoms with van der Waals surface area (Å²) in [5.41, 5.74) is 4.83. The summed E-state index contributed by atoms with van der Waals surface area (Å²) < 4.78 is 5.12. The number of amides is 4. The summed E-state index contributed by atoms with van der Waals surface area (Å²) in [6, 6.07) is 6.31. The molecule has 10 heteroatoms. The Morgan fingerprint density at radius 2 is 2.13 bits per heavy atom. The Morgan fingerprint density at radius 3 is 2.83 bits per heavy atom. The van der Waals surface area contributed by atoms with Crippen molar-refractivity contribution in [2.45, 2.75) is 18.4 Å². The molecule has 10 nitrogen and oxygen atoms in total. The number of allylic oxidation sites excluding steroid dienone is 1. The lowest BCUT2D eigenvalue weighted by Crippen LogP contribution is -2.55. The van der Waals surface area contributed by atoms with Crippen LogP contribution < -0.4 is 21.1 Å². The number of nitrogens with two attached hydrogens (primary N) is 1. The molecule has 1 aromatic rings. The zero-order valence-corrected chi connectivity index (χ0v) is 16.8. The maximum atomic E-state index is 13.0. The zero-order chi connectivity index (χ0) is 21.6. The van der Waals surface area contributed by atoms with E-state index in [9.17, 15) is 14.4 Å². The topological polar surface area (TPSA) is 129 Å². The molecular formula is C20H26N6O4. The van der Waals surface area contributed by atoms with Gasteiger partial charge in [-0.3, -0.25) is 24.4 Å². The number of urea groups is 1. The number of hydrogen-bond donors (Lipinski definition) is 3. The van der Waals surface area contributed by atoms with Gasteiger partial charge in [-0.25, -0.2) is 4.79 Å². The number of hydrogen-bond acceptors (Lipinski definition) is 7. The molecule has 4 amide bonds. The highest BCUT2D eigenvalue weighted by atomic mass is 16.5. The minimum Gasteiger partial charge on any atom is -0.497 e. The number of carbonyl (C=O) groups excluding carboxylic acids is 3. The van der Waals surface area contributed by atoms with Gasteiger partial charge in [-0.15, -0.1) is 0 Å². The molecule has 2 aliphatic heterocycles. The van der Waals surface area contributed by atoms with Gasteiger partial charge >= 0.3 is 6.03 Å². The van der Waals surface area contributed by atoms with E-state index in [1.807, 2.05) is 0 Å². The van der Waals surface area contributed by atoms with E-state index in [-0.39, 0.29) is 12.5 Å². The van der Waals surface area contributed by atoms with Crippen molar-refractivity contribution < 1.29 is 19.1 Å². The van der Waals surface area contributed by atoms with E-state index in [1.54, 1.807) is 36.6 Å². The number of nitrogens with zero attached hydrogens (tertiary/aromatic N) is 3. The average Bonchev–Trinajstić information content (AvgIpc) is 2.97. The molecule has 2 heterocycles. The van der Waals surface area contributed by atoms with Crippen LogP contribution in [0, 0.1) is 0 Å². The highest BCUT2D eigenvalue weighted by molar-refractivity contribution is 6.10. The third-order valence-electron chi connectivity index (χ3n) is 5.19. The second kappa shape index (κ2) is 9.40. The first kappa shape index (κ1) is 21.3. The number of benzene rings is 1. The number of methoxy groups -OCH3 is 1. The van der Waals surface area contributed by atoms with Crippen molar-refractivity contribution in [2.75, 3.05) is 38.7 Å². The molecule has 0 bridgehead atoms. The van der Waals surface area contributed by atoms with Gasteiger partial charge in [0.2, 0.25) is 5.91 Å². The predicted molar refractivity (Wildman–Crippen MR) is 112 cm³/mol. The quantitative estimate of drug-likeness (QED) is 0.441. The van der Waals surface area contributed by atoms with Gasteiger partial charge in [0.05, 0.1) is 13.8 Å². The lowest BCUT2D eigenvalue weighted by molar-refractivity contribution is -0.135. The number of carbonyl (C=O) groups is 3. The van der Waals surface area contributed by atoms with Crippen molar-refractivity contribution in [1.82, 2.24) is 15.1 Å². The van der Waals surface area contributed by atoms with Crippen LogP contribution in [0.15, 0.2) is 41.5 Å². The molecule has 2 aliphatic rings. The van der Waals surface area contributed by atoms with Gasteiger partial charge in [0.25, 0.3) is 5.91 Å². The number of rotatable bonds is 7. The van der Waals surface area contributed by atoms with E-state index in [1.165, 1.54) is 13.3 Å². The van der Waals surface area contributed by atoms with Crippen LogP contribution in [0.2, 0.25) is 0 Å². The smallest absolute Gasteiger partial charge is 0.325 e. The van der Waals surface area contributed by atoms with Crippen LogP contribution in [0.1, 0.15) is 12.8 Å². The number of piperidine rings is 1. The summed E-state index contributed by atoms with van der Waals surface area (Å²) in [7, 11) is 1.53. The van der Waals surface area contributed by atoms with Crippen LogP contribution in [0.25, 0.3) is 0 Å². The van der Waals surface area contributed by atoms with Crippen LogP contribution in [0.3, 0.4) is 0 Å². The van der Waals surface area contributed by atoms with Gasteiger partial charge in [0.1, 0.15) is 17.8 Å². The van der Waals surface area contributed by atoms with Gasteiger partial charge < -0.3 is 21.1 Å². The average molecular weight is 414 g/mol. The van der Waals surface area contributed by atoms with Crippen LogP contribution in [-0.2, 0) is 9.59 Å². The standard InChI is InChI=1S/C20H26N6O4/c1-30-16-5-2-4-15(12-16)23-17(27)13-26-18(28)20(24-19(26)29)6-10-25(11-7-20)14-22-9-3-8-21/h2-5,8-9,12H,6-7,10-11,13-14,21H2,1H3,(H,23,27)(H,24,29)/b8-3-,22-9-. The molecule has 0 aliphatic carbocycles. The second-order valence-electron chi connectivity index (χ2n) is 7.16. The molecule has 30 heavy (non-hydrogen) atoms. The second-order valence-corrected chi connectivity index (χ2v) is 7.16. The maximum absolute atomic E-state index is 13.0. The van der Waals surface area contributed by atoms with Crippen molar-refractivity contribution >= 4 is 29.7 Å². The molecule has 4 N–H and O–H groups in total. The van der Waals surface area contributed by atoms with E-state index in [0.29, 0.717) is 44.0 Å². The summed E-state index contributed by atoms with van der Waals surface area (Å²) >= 11 is 0. The van der Waals surface area contributed by atoms with Gasteiger partial charge in [0, 0.05) is 31.1 Å². The number of anilines is 1. The first-order valence-corrected chi connectivity index (χ1v) is 9.64. The Morgan fingerprint density at radius 1 is 1.37 bits per heavy atom. The number of aliphatic imine (C=N–C) groups is 1. The first-order valence-electron chi connectivity index (χ1n) is 9.64. The fourth-order valence-electron chi connectivity index (χ4n) is 3.55. The normalized spacial score (nSPS) is 19.0. The largest absolute Gasteiger partial charge is 0.497 e. The number of nitrogens with one attached hydrogen (secondary N) is 2. The van der Waals surface area contributed by atoms with Crippen molar-refractivity contribution in [3.8, 4) is 5.75 Å². The summed E-state index contributed by atoms with van der Waals surface area (Å²) in [5.74, 6) is -0.220. The summed E-state index contributed by atoms with van der Waals surface area (Å²) in [5, 5.41) is 5.48. The van der Waals surface area contributed by atoms with E-state index >= 15 is 0 Å². The van der Waals surface area contributed by atoms with E-state index in [4.69, 9.17) is 10.5 Å². The fraction of sp³-hybridized carbons (Fsp3) is 0.400. The van der Waals surface area contributed by atoms with E-state index in [0.717, 1.165) is 4.90 Å². The zero-order valence-electron chi connectivity index (χ0n) is 16.8. The van der Waals surface area contributed by atoms with Gasteiger partial charge in [0.15, 0.2) is 0 Å². The van der Waals surface area contributed by atoms with Crippen LogP contribution >= 0.6 is 0 Å². The third-order valence-corrected chi connectivity index (χ3v) is 5.19. The SMILES string of the molecule is COc1cccc(NC(=O)CN2C(=O)NC3(CCN(C/N=C\C=C/N)CC3)C2=O)c1. The molecule has 0 atom stereocenters. The molecule has 1 aromatic carbocycles. The number of likely N-dealkylation sites (tertiary alicyclic amines) is 1. The maximum Gasteiger partial charge on any atom is 0.325 e. The molecule has 160 valence electrons. The molecule has 0 radical (unpaired) electrons. The summed E-state index contributed by atoms with van der Waals surface area (Å²) in [4.78, 5) is 45.1. The minimum atomic E-state index is -0.954. The Balaban J connectivity index is 1.56. The van der Waals surface area contributed by atoms with Crippen molar-refractivity contribution in [3.63, 3.8) is 0 Å². The van der Waals surface area contributed by atoms with Crippen LogP contribution in [0.5, 0.6) is 5.75 Å². The Hall–Kier alpha value is -3.40. The molecule has 2 fully saturated rings. The third kappa shape index (κ3) is 4.77. The van der Waals surface area contributed by atoms with Crippen molar-refractivity contribution in [1.29, 1.82) is 0 Å². The van der Waals surface area contributed by atoms with E-state index in [2.05, 4.69) is 20.5 Å². The molecule has 0 saturated carbocycles. The number of imide groups is 1. The molecule has 2 saturated heterocycles. The van der Waals surface area contributed by atoms with Crippen LogP contribution in [-0.4, -0.2) is 72.8 Å². The number of ether oxygens (including phenoxy) is 1. The monoisotopic (exact) mass is 414 g/mol. The highest BCUT2D eigenvalue weighted by Gasteiger charge is 2.52. The van der Waals surface area contributed by atoms with Crippen molar-refractivity contribution in [2.24, 2.45) is 10.7 Å². The molecule has 0 aromatic heterocycles. The lowest BCUT2D eigenvalue weighted by Gasteiger charge is -2.36. The van der Waals surface area contributed by atoms with Gasteiger partial charge in [-0.1, -0.05) is 6.07 Å². The molecule has 1 spiro atoms. The predicted octanol–water partition coefficient (Wildman–Crippen LogP) is 0.521. The van der Waals surface area contributed by atoms with Gasteiger partial charge in [-0.05, 0) is 37.3 Å². The summed E-state index contributed by atoms with van der Waals surface area (Å²) in [6.45, 7) is 1.37. The molecular weight excluding hydrogens is 388 g/mol. The molecule has 0 unspecified atom stereocenters. The fourth-order valence-corrected chi connectivity index (χ4v) is 3.55. The Labute approximate surface area is 174 Å². The van der Waals surface area contributed by atoms with Gasteiger partial charge in [-0.2, -0.15) is 0 Å². The van der Waals surface area contributed by atoms with E-state index < -0.39 is 17.5 Å². The Kier molecular flexibility index (Phi) is 6.68. The van der Waals surface area contributed by atoms with Crippen molar-refractivity contribution in [3.05, 3.63) is 36.5 Å². The van der Waals surface area contributed by atoms with Crippen LogP contribution in [0.4, 0.5) is 10.5 Å². The minimum absolute atomic E-state index is 0.344. The summed E-state index contributed by atoms with van der Waals surface area (Å²) in [6.07, 6.45) is 5.60. The lowest BCUT2D eigenvalue weighted by atomic mass is 9.87. The highest BCUT2D eigenvalue weighted by Crippen LogP contribution is 2.29. The molecule has 3 rings (SSSR count). The first-order chi connectivity index (χ1) is 14.5.